The third kappa shape index (κ3) is 9.46. The van der Waals surface area contributed by atoms with Gasteiger partial charge in [-0.25, -0.2) is 4.79 Å². The molecule has 0 aliphatic rings. The van der Waals surface area contributed by atoms with Crippen molar-refractivity contribution in [1.82, 2.24) is 5.32 Å². The minimum absolute atomic E-state index is 0.0206. The minimum atomic E-state index is -1.09. The normalized spacial score (nSPS) is 11.6. The van der Waals surface area contributed by atoms with Gasteiger partial charge in [0, 0.05) is 27.4 Å². The minimum Gasteiger partial charge on any atom is -0.493 e. The van der Waals surface area contributed by atoms with E-state index in [4.69, 9.17) is 4.74 Å². The van der Waals surface area contributed by atoms with E-state index in [9.17, 15) is 24.3 Å². The number of hydrogen-bond acceptors (Lipinski definition) is 6. The second kappa shape index (κ2) is 16.6. The first-order chi connectivity index (χ1) is 23.8. The number of thioether (sulfide) groups is 1. The quantitative estimate of drug-likeness (QED) is 0.0746. The van der Waals surface area contributed by atoms with Crippen LogP contribution in [0.3, 0.4) is 0 Å². The van der Waals surface area contributed by atoms with Crippen molar-refractivity contribution in [2.75, 3.05) is 17.2 Å². The molecule has 0 radical (unpaired) electrons. The van der Waals surface area contributed by atoms with Gasteiger partial charge in [0.15, 0.2) is 0 Å². The van der Waals surface area contributed by atoms with Gasteiger partial charge in [0.1, 0.15) is 16.7 Å². The number of hydrogen-bond donors (Lipinski definition) is 4. The standard InChI is InChI=1S/C39H33N3O6S/c1-2-48-34-19-10-9-16-28(34)25-33(42-36(43)27-14-7-4-8-15-27)37(44)40-30-20-22-32(23-21-30)49-35(26-12-5-3-6-13-26)38(45)41-31-18-11-17-29(24-31)39(46)47/h3-25,35H,2H2,1H3,(H,40,44)(H,41,45)(H,42,43)(H,46,47)/b33-25-. The molecule has 5 aromatic rings. The molecular formula is C39H33N3O6S. The van der Waals surface area contributed by atoms with Crippen LogP contribution in [0.2, 0.25) is 0 Å². The second-order valence-corrected chi connectivity index (χ2v) is 11.8. The summed E-state index contributed by atoms with van der Waals surface area (Å²) in [5.74, 6) is -1.83. The Balaban J connectivity index is 1.35. The third-order valence-electron chi connectivity index (χ3n) is 7.13. The van der Waals surface area contributed by atoms with Crippen LogP contribution in [0.5, 0.6) is 5.75 Å². The Morgan fingerprint density at radius 2 is 1.39 bits per heavy atom. The fourth-order valence-electron chi connectivity index (χ4n) is 4.77. The molecule has 0 saturated heterocycles. The Hall–Kier alpha value is -6.13. The molecule has 0 aliphatic carbocycles. The van der Waals surface area contributed by atoms with Gasteiger partial charge in [-0.1, -0.05) is 72.8 Å². The zero-order chi connectivity index (χ0) is 34.6. The monoisotopic (exact) mass is 671 g/mol. The molecular weight excluding hydrogens is 639 g/mol. The van der Waals surface area contributed by atoms with E-state index < -0.39 is 23.0 Å². The lowest BCUT2D eigenvalue weighted by Crippen LogP contribution is -2.30. The molecule has 5 aromatic carbocycles. The smallest absolute Gasteiger partial charge is 0.335 e. The van der Waals surface area contributed by atoms with E-state index in [2.05, 4.69) is 16.0 Å². The molecule has 1 atom stereocenters. The van der Waals surface area contributed by atoms with Crippen molar-refractivity contribution in [2.24, 2.45) is 0 Å². The average molecular weight is 672 g/mol. The van der Waals surface area contributed by atoms with E-state index in [0.717, 1.165) is 10.5 Å². The first kappa shape index (κ1) is 34.2. The average Bonchev–Trinajstić information content (AvgIpc) is 3.12. The zero-order valence-corrected chi connectivity index (χ0v) is 27.3. The van der Waals surface area contributed by atoms with Crippen molar-refractivity contribution in [3.05, 3.63) is 161 Å². The third-order valence-corrected chi connectivity index (χ3v) is 8.40. The van der Waals surface area contributed by atoms with Crippen molar-refractivity contribution < 1.29 is 29.0 Å². The molecule has 0 saturated carbocycles. The first-order valence-electron chi connectivity index (χ1n) is 15.4. The van der Waals surface area contributed by atoms with Crippen LogP contribution in [0.15, 0.2) is 144 Å². The van der Waals surface area contributed by atoms with Crippen molar-refractivity contribution >= 4 is 52.9 Å². The maximum absolute atomic E-state index is 13.6. The van der Waals surface area contributed by atoms with Gasteiger partial charge in [-0.05, 0) is 79.2 Å². The van der Waals surface area contributed by atoms with Gasteiger partial charge in [0.05, 0.1) is 12.2 Å². The van der Waals surface area contributed by atoms with E-state index in [1.807, 2.05) is 49.4 Å². The summed E-state index contributed by atoms with van der Waals surface area (Å²) in [4.78, 5) is 52.3. The largest absolute Gasteiger partial charge is 0.493 e. The number of nitrogens with one attached hydrogen (secondary N) is 3. The Kier molecular flexibility index (Phi) is 11.6. The number of aromatic carboxylic acids is 1. The summed E-state index contributed by atoms with van der Waals surface area (Å²) in [5, 5.41) is 17.1. The lowest BCUT2D eigenvalue weighted by molar-refractivity contribution is -0.116. The number of amides is 3. The van der Waals surface area contributed by atoms with Crippen molar-refractivity contribution in [1.29, 1.82) is 0 Å². The van der Waals surface area contributed by atoms with Crippen LogP contribution in [0.1, 0.15) is 44.0 Å². The molecule has 9 nitrogen and oxygen atoms in total. The Morgan fingerprint density at radius 3 is 2.08 bits per heavy atom. The highest BCUT2D eigenvalue weighted by atomic mass is 32.2. The number of carbonyl (C=O) groups is 4. The molecule has 10 heteroatoms. The van der Waals surface area contributed by atoms with Gasteiger partial charge < -0.3 is 25.8 Å². The van der Waals surface area contributed by atoms with E-state index >= 15 is 0 Å². The van der Waals surface area contributed by atoms with Crippen molar-refractivity contribution in [2.45, 2.75) is 17.1 Å². The van der Waals surface area contributed by atoms with Gasteiger partial charge >= 0.3 is 5.97 Å². The van der Waals surface area contributed by atoms with Gasteiger partial charge in [-0.15, -0.1) is 11.8 Å². The molecule has 4 N–H and O–H groups in total. The van der Waals surface area contributed by atoms with Crippen LogP contribution < -0.4 is 20.7 Å². The summed E-state index contributed by atoms with van der Waals surface area (Å²) in [7, 11) is 0. The number of anilines is 2. The molecule has 5 rings (SSSR count). The Morgan fingerprint density at radius 1 is 0.735 bits per heavy atom. The fourth-order valence-corrected chi connectivity index (χ4v) is 5.80. The van der Waals surface area contributed by atoms with Crippen LogP contribution in [0.4, 0.5) is 11.4 Å². The first-order valence-corrected chi connectivity index (χ1v) is 16.3. The van der Waals surface area contributed by atoms with Crippen LogP contribution in [0.25, 0.3) is 6.08 Å². The summed E-state index contributed by atoms with van der Waals surface area (Å²) < 4.78 is 5.72. The van der Waals surface area contributed by atoms with Crippen molar-refractivity contribution in [3.63, 3.8) is 0 Å². The molecule has 0 aromatic heterocycles. The van der Waals surface area contributed by atoms with Gasteiger partial charge in [0.2, 0.25) is 5.91 Å². The number of carbonyl (C=O) groups excluding carboxylic acids is 3. The molecule has 0 spiro atoms. The summed E-state index contributed by atoms with van der Waals surface area (Å²) in [6, 6.07) is 38.1. The lowest BCUT2D eigenvalue weighted by atomic mass is 10.1. The predicted molar refractivity (Wildman–Crippen MR) is 192 cm³/mol. The summed E-state index contributed by atoms with van der Waals surface area (Å²) in [5.41, 5.74) is 2.70. The topological polar surface area (TPSA) is 134 Å². The van der Waals surface area contributed by atoms with Gasteiger partial charge in [0.25, 0.3) is 11.8 Å². The van der Waals surface area contributed by atoms with E-state index in [1.165, 1.54) is 23.9 Å². The highest BCUT2D eigenvalue weighted by Crippen LogP contribution is 2.37. The fraction of sp³-hybridized carbons (Fsp3) is 0.0769. The maximum Gasteiger partial charge on any atom is 0.335 e. The van der Waals surface area contributed by atoms with Crippen LogP contribution in [-0.2, 0) is 9.59 Å². The summed E-state index contributed by atoms with van der Waals surface area (Å²) >= 11 is 1.30. The lowest BCUT2D eigenvalue weighted by Gasteiger charge is -2.18. The predicted octanol–water partition coefficient (Wildman–Crippen LogP) is 7.67. The number of para-hydroxylation sites is 1. The highest BCUT2D eigenvalue weighted by molar-refractivity contribution is 8.00. The Bertz CT molecular complexity index is 1960. The van der Waals surface area contributed by atoms with E-state index in [0.29, 0.717) is 34.9 Å². The zero-order valence-electron chi connectivity index (χ0n) is 26.5. The highest BCUT2D eigenvalue weighted by Gasteiger charge is 2.23. The van der Waals surface area contributed by atoms with Crippen LogP contribution in [-0.4, -0.2) is 35.4 Å². The van der Waals surface area contributed by atoms with Crippen LogP contribution >= 0.6 is 11.8 Å². The van der Waals surface area contributed by atoms with E-state index in [-0.39, 0.29) is 17.2 Å². The number of carboxylic acid groups (broad SMARTS) is 1. The van der Waals surface area contributed by atoms with Gasteiger partial charge in [-0.2, -0.15) is 0 Å². The number of rotatable bonds is 13. The number of ether oxygens (including phenoxy) is 1. The second-order valence-electron chi connectivity index (χ2n) is 10.6. The van der Waals surface area contributed by atoms with E-state index in [1.54, 1.807) is 84.9 Å². The summed E-state index contributed by atoms with van der Waals surface area (Å²) in [6.45, 7) is 2.29. The molecule has 246 valence electrons. The molecule has 0 bridgehead atoms. The molecule has 0 heterocycles. The summed E-state index contributed by atoms with van der Waals surface area (Å²) in [6.07, 6.45) is 1.57. The number of benzene rings is 5. The van der Waals surface area contributed by atoms with Gasteiger partial charge in [-0.3, -0.25) is 14.4 Å². The molecule has 0 fully saturated rings. The Labute approximate surface area is 288 Å². The maximum atomic E-state index is 13.6. The molecule has 49 heavy (non-hydrogen) atoms. The van der Waals surface area contributed by atoms with Crippen molar-refractivity contribution in [3.8, 4) is 5.75 Å². The SMILES string of the molecule is CCOc1ccccc1/C=C(\NC(=O)c1ccccc1)C(=O)Nc1ccc(SC(C(=O)Nc2cccc(C(=O)O)c2)c2ccccc2)cc1. The molecule has 0 aliphatic heterocycles. The molecule has 3 amide bonds. The van der Waals surface area contributed by atoms with Crippen LogP contribution in [0, 0.1) is 0 Å². The molecule has 1 unspecified atom stereocenters. The number of carboxylic acids is 1.